The van der Waals surface area contributed by atoms with Gasteiger partial charge in [-0.2, -0.15) is 5.26 Å². The highest BCUT2D eigenvalue weighted by Gasteiger charge is 2.05. The third-order valence-electron chi connectivity index (χ3n) is 3.76. The minimum absolute atomic E-state index is 0.250. The van der Waals surface area contributed by atoms with Crippen LogP contribution in [0.2, 0.25) is 0 Å². The van der Waals surface area contributed by atoms with E-state index in [1.165, 1.54) is 0 Å². The first-order valence-electron chi connectivity index (χ1n) is 7.80. The second-order valence-corrected chi connectivity index (χ2v) is 5.36. The molecule has 2 aromatic rings. The van der Waals surface area contributed by atoms with Gasteiger partial charge in [0.05, 0.1) is 18.7 Å². The number of nitrogens with zero attached hydrogens (tertiary/aromatic N) is 2. The first kappa shape index (κ1) is 20.5. The van der Waals surface area contributed by atoms with Gasteiger partial charge in [0, 0.05) is 18.4 Å². The number of hydrogen-bond donors (Lipinski definition) is 1. The number of rotatable bonds is 5. The van der Waals surface area contributed by atoms with Crippen LogP contribution in [0, 0.1) is 11.3 Å². The first-order valence-corrected chi connectivity index (χ1v) is 7.80. The molecule has 0 saturated heterocycles. The molecule has 0 fully saturated rings. The highest BCUT2D eigenvalue weighted by molar-refractivity contribution is 5.74. The van der Waals surface area contributed by atoms with Gasteiger partial charge >= 0.3 is 0 Å². The molecule has 1 N–H and O–H groups in total. The molecule has 26 heavy (non-hydrogen) atoms. The molecular weight excluding hydrogens is 328 g/mol. The summed E-state index contributed by atoms with van der Waals surface area (Å²) in [5, 5.41) is 15.7. The number of allylic oxidation sites excluding steroid dienone is 3. The zero-order valence-electron chi connectivity index (χ0n) is 15.1. The first-order chi connectivity index (χ1) is 12.5. The van der Waals surface area contributed by atoms with Crippen molar-refractivity contribution in [3.05, 3.63) is 78.0 Å². The van der Waals surface area contributed by atoms with Gasteiger partial charge < -0.3 is 14.7 Å². The maximum absolute atomic E-state index is 8.85. The van der Waals surface area contributed by atoms with Crippen molar-refractivity contribution in [2.45, 2.75) is 6.92 Å². The summed E-state index contributed by atoms with van der Waals surface area (Å²) in [6.07, 6.45) is 2.03. The molecule has 0 saturated carbocycles. The molecular formula is C21H22N2O3. The summed E-state index contributed by atoms with van der Waals surface area (Å²) in [7, 11) is 3.67. The van der Waals surface area contributed by atoms with Gasteiger partial charge in [-0.05, 0) is 60.5 Å². The van der Waals surface area contributed by atoms with E-state index in [0.29, 0.717) is 5.56 Å². The average molecular weight is 350 g/mol. The van der Waals surface area contributed by atoms with Crippen molar-refractivity contribution in [2.75, 3.05) is 19.1 Å². The Morgan fingerprint density at radius 2 is 1.73 bits per heavy atom. The lowest BCUT2D eigenvalue weighted by atomic mass is 10.0. The van der Waals surface area contributed by atoms with Crippen molar-refractivity contribution in [1.82, 2.24) is 0 Å². The van der Waals surface area contributed by atoms with Crippen molar-refractivity contribution in [2.24, 2.45) is 0 Å². The Balaban J connectivity index is 0.00000105. The standard InChI is InChI=1S/C20H20N2O.CH2O2/c1-15(18-7-5-17(14-21)6-8-18)13-16(2)22(3)19-9-11-20(23-4)12-10-19;2-1-3/h5-13H,1H2,2-4H3;1H,(H,2,3)/b16-13-;. The van der Waals surface area contributed by atoms with Crippen LogP contribution in [0.5, 0.6) is 5.75 Å². The van der Waals surface area contributed by atoms with Crippen molar-refractivity contribution < 1.29 is 14.6 Å². The van der Waals surface area contributed by atoms with Gasteiger partial charge in [0.1, 0.15) is 5.75 Å². The number of nitriles is 1. The van der Waals surface area contributed by atoms with E-state index >= 15 is 0 Å². The number of benzene rings is 2. The number of anilines is 1. The van der Waals surface area contributed by atoms with Gasteiger partial charge in [0.2, 0.25) is 0 Å². The zero-order chi connectivity index (χ0) is 19.5. The highest BCUT2D eigenvalue weighted by atomic mass is 16.5. The Bertz CT molecular complexity index is 801. The van der Waals surface area contributed by atoms with Crippen molar-refractivity contribution in [3.63, 3.8) is 0 Å². The molecule has 0 bridgehead atoms. The van der Waals surface area contributed by atoms with Crippen molar-refractivity contribution in [1.29, 1.82) is 5.26 Å². The normalized spacial score (nSPS) is 10.0. The van der Waals surface area contributed by atoms with Gasteiger partial charge in [0.15, 0.2) is 0 Å². The van der Waals surface area contributed by atoms with E-state index in [4.69, 9.17) is 19.9 Å². The predicted molar refractivity (Wildman–Crippen MR) is 104 cm³/mol. The van der Waals surface area contributed by atoms with Crippen LogP contribution in [0.15, 0.2) is 66.9 Å². The van der Waals surface area contributed by atoms with Crippen LogP contribution in [0.1, 0.15) is 18.1 Å². The van der Waals surface area contributed by atoms with Crippen LogP contribution in [0.4, 0.5) is 5.69 Å². The number of carbonyl (C=O) groups is 1. The fraction of sp³-hybridized carbons (Fsp3) is 0.143. The molecule has 0 unspecified atom stereocenters. The predicted octanol–water partition coefficient (Wildman–Crippen LogP) is 4.32. The Morgan fingerprint density at radius 3 is 2.19 bits per heavy atom. The Kier molecular flexibility index (Phi) is 8.18. The fourth-order valence-corrected chi connectivity index (χ4v) is 2.20. The molecule has 0 radical (unpaired) electrons. The van der Waals surface area contributed by atoms with Gasteiger partial charge in [-0.25, -0.2) is 0 Å². The van der Waals surface area contributed by atoms with E-state index in [9.17, 15) is 0 Å². The summed E-state index contributed by atoms with van der Waals surface area (Å²) in [6, 6.07) is 17.5. The average Bonchev–Trinajstić information content (AvgIpc) is 2.68. The van der Waals surface area contributed by atoms with Crippen molar-refractivity contribution in [3.8, 4) is 11.8 Å². The van der Waals surface area contributed by atoms with Crippen LogP contribution in [0.3, 0.4) is 0 Å². The molecule has 0 aliphatic heterocycles. The van der Waals surface area contributed by atoms with E-state index < -0.39 is 0 Å². The zero-order valence-corrected chi connectivity index (χ0v) is 15.1. The topological polar surface area (TPSA) is 73.6 Å². The smallest absolute Gasteiger partial charge is 0.290 e. The fourth-order valence-electron chi connectivity index (χ4n) is 2.20. The molecule has 2 aromatic carbocycles. The summed E-state index contributed by atoms with van der Waals surface area (Å²) in [4.78, 5) is 10.5. The van der Waals surface area contributed by atoms with Gasteiger partial charge in [0.25, 0.3) is 6.47 Å². The molecule has 0 amide bonds. The van der Waals surface area contributed by atoms with Crippen LogP contribution in [0.25, 0.3) is 5.57 Å². The third kappa shape index (κ3) is 5.84. The lowest BCUT2D eigenvalue weighted by molar-refractivity contribution is -0.122. The summed E-state index contributed by atoms with van der Waals surface area (Å²) >= 11 is 0. The molecule has 0 spiro atoms. The largest absolute Gasteiger partial charge is 0.497 e. The number of ether oxygens (including phenoxy) is 1. The molecule has 0 aromatic heterocycles. The van der Waals surface area contributed by atoms with E-state index in [-0.39, 0.29) is 6.47 Å². The molecule has 5 nitrogen and oxygen atoms in total. The Morgan fingerprint density at radius 1 is 1.19 bits per heavy atom. The van der Waals surface area contributed by atoms with Crippen LogP contribution >= 0.6 is 0 Å². The van der Waals surface area contributed by atoms with Crippen LogP contribution < -0.4 is 9.64 Å². The Hall–Kier alpha value is -3.52. The lowest BCUT2D eigenvalue weighted by Gasteiger charge is -2.21. The number of carboxylic acid groups (broad SMARTS) is 1. The van der Waals surface area contributed by atoms with Crippen LogP contribution in [-0.4, -0.2) is 25.7 Å². The van der Waals surface area contributed by atoms with Gasteiger partial charge in [-0.1, -0.05) is 18.7 Å². The van der Waals surface area contributed by atoms with Gasteiger partial charge in [-0.15, -0.1) is 0 Å². The third-order valence-corrected chi connectivity index (χ3v) is 3.76. The monoisotopic (exact) mass is 350 g/mol. The SMILES string of the molecule is C=C(/C=C(/C)N(C)c1ccc(OC)cc1)c1ccc(C#N)cc1.O=CO. The summed E-state index contributed by atoms with van der Waals surface area (Å²) in [6.45, 7) is 5.91. The summed E-state index contributed by atoms with van der Waals surface area (Å²) < 4.78 is 5.18. The lowest BCUT2D eigenvalue weighted by Crippen LogP contribution is -2.14. The van der Waals surface area contributed by atoms with Crippen LogP contribution in [-0.2, 0) is 4.79 Å². The molecule has 0 aliphatic carbocycles. The summed E-state index contributed by atoms with van der Waals surface area (Å²) in [5.74, 6) is 0.839. The molecule has 0 heterocycles. The Labute approximate surface area is 154 Å². The maximum Gasteiger partial charge on any atom is 0.290 e. The molecule has 0 atom stereocenters. The van der Waals surface area contributed by atoms with E-state index in [1.807, 2.05) is 56.4 Å². The number of hydrogen-bond acceptors (Lipinski definition) is 4. The molecule has 134 valence electrons. The molecule has 2 rings (SSSR count). The van der Waals surface area contributed by atoms with E-state index in [2.05, 4.69) is 17.5 Å². The van der Waals surface area contributed by atoms with Gasteiger partial charge in [-0.3, -0.25) is 4.79 Å². The summed E-state index contributed by atoms with van der Waals surface area (Å²) in [5.41, 5.74) is 4.72. The second-order valence-electron chi connectivity index (χ2n) is 5.36. The van der Waals surface area contributed by atoms with Crippen molar-refractivity contribution >= 4 is 17.7 Å². The van der Waals surface area contributed by atoms with E-state index in [1.54, 1.807) is 19.2 Å². The minimum Gasteiger partial charge on any atom is -0.497 e. The second kappa shape index (κ2) is 10.4. The maximum atomic E-state index is 8.85. The minimum atomic E-state index is -0.250. The van der Waals surface area contributed by atoms with E-state index in [0.717, 1.165) is 28.3 Å². The number of methoxy groups -OCH3 is 1. The molecule has 0 aliphatic rings. The quantitative estimate of drug-likeness (QED) is 0.642. The highest BCUT2D eigenvalue weighted by Crippen LogP contribution is 2.23. The molecule has 5 heteroatoms.